The molecule has 0 bridgehead atoms. The maximum atomic E-state index is 12.7. The first-order chi connectivity index (χ1) is 10.1. The molecule has 3 rings (SSSR count). The van der Waals surface area contributed by atoms with Crippen molar-refractivity contribution in [3.63, 3.8) is 0 Å². The zero-order valence-electron chi connectivity index (χ0n) is 13.4. The molecule has 2 aliphatic heterocycles. The first-order valence-corrected chi connectivity index (χ1v) is 8.85. The predicted molar refractivity (Wildman–Crippen MR) is 83.0 cm³/mol. The fourth-order valence-electron chi connectivity index (χ4n) is 4.48. The van der Waals surface area contributed by atoms with Crippen molar-refractivity contribution < 1.29 is 9.90 Å². The second kappa shape index (κ2) is 6.25. The third kappa shape index (κ3) is 3.11. The fourth-order valence-corrected chi connectivity index (χ4v) is 4.48. The first kappa shape index (κ1) is 15.3. The summed E-state index contributed by atoms with van der Waals surface area (Å²) in [6, 6.07) is -0.0189. The van der Waals surface area contributed by atoms with Crippen LogP contribution in [-0.2, 0) is 4.79 Å². The Bertz CT molecular complexity index is 381. The van der Waals surface area contributed by atoms with Crippen LogP contribution in [0.15, 0.2) is 0 Å². The van der Waals surface area contributed by atoms with Crippen LogP contribution in [0, 0.1) is 5.92 Å². The predicted octanol–water partition coefficient (Wildman–Crippen LogP) is 2.01. The molecule has 1 aliphatic carbocycles. The number of likely N-dealkylation sites (tertiary alicyclic amines) is 2. The van der Waals surface area contributed by atoms with Crippen molar-refractivity contribution in [2.45, 2.75) is 69.9 Å². The average molecular weight is 294 g/mol. The molecule has 0 aromatic carbocycles. The lowest BCUT2D eigenvalue weighted by atomic mass is 9.71. The number of carbonyl (C=O) groups is 1. The van der Waals surface area contributed by atoms with Gasteiger partial charge in [-0.05, 0) is 45.4 Å². The number of hydrogen-bond acceptors (Lipinski definition) is 3. The van der Waals surface area contributed by atoms with E-state index in [9.17, 15) is 9.90 Å². The van der Waals surface area contributed by atoms with Crippen molar-refractivity contribution in [2.75, 3.05) is 26.2 Å². The maximum Gasteiger partial charge on any atom is 0.239 e. The molecule has 1 N–H and O–H groups in total. The van der Waals surface area contributed by atoms with Crippen molar-refractivity contribution in [1.29, 1.82) is 0 Å². The molecular formula is C17H30N2O2. The Morgan fingerprint density at radius 1 is 1.10 bits per heavy atom. The molecule has 0 spiro atoms. The number of aliphatic hydroxyl groups is 1. The van der Waals surface area contributed by atoms with E-state index in [0.29, 0.717) is 11.8 Å². The number of amides is 1. The number of carbonyl (C=O) groups excluding carboxylic acids is 1. The molecule has 3 aliphatic rings. The van der Waals surface area contributed by atoms with Gasteiger partial charge in [0.25, 0.3) is 0 Å². The van der Waals surface area contributed by atoms with Crippen LogP contribution in [-0.4, -0.2) is 58.6 Å². The highest BCUT2D eigenvalue weighted by Crippen LogP contribution is 2.40. The lowest BCUT2D eigenvalue weighted by molar-refractivity contribution is -0.143. The molecule has 0 aromatic heterocycles. The van der Waals surface area contributed by atoms with E-state index >= 15 is 0 Å². The van der Waals surface area contributed by atoms with Gasteiger partial charge in [0, 0.05) is 32.1 Å². The maximum absolute atomic E-state index is 12.7. The molecule has 0 radical (unpaired) electrons. The molecule has 1 amide bonds. The van der Waals surface area contributed by atoms with Gasteiger partial charge < -0.3 is 10.0 Å². The fraction of sp³-hybridized carbons (Fsp3) is 0.941. The molecule has 3 unspecified atom stereocenters. The second-order valence-corrected chi connectivity index (χ2v) is 7.35. The Morgan fingerprint density at radius 3 is 2.62 bits per heavy atom. The third-order valence-corrected chi connectivity index (χ3v) is 6.03. The van der Waals surface area contributed by atoms with E-state index in [4.69, 9.17) is 0 Å². The van der Waals surface area contributed by atoms with Gasteiger partial charge in [-0.2, -0.15) is 0 Å². The second-order valence-electron chi connectivity index (χ2n) is 7.35. The average Bonchev–Trinajstić information content (AvgIpc) is 2.53. The SMILES string of the molecule is CC(C(=O)N1CCCCC1)N1CCC2(O)CCCCC2C1. The van der Waals surface area contributed by atoms with Crippen LogP contribution >= 0.6 is 0 Å². The standard InChI is InChI=1S/C17H30N2O2/c1-14(16(20)18-10-5-2-6-11-18)19-12-9-17(21)8-4-3-7-15(17)13-19/h14-15,21H,2-13H2,1H3. The van der Waals surface area contributed by atoms with E-state index in [1.807, 2.05) is 0 Å². The molecule has 2 saturated heterocycles. The highest BCUT2D eigenvalue weighted by molar-refractivity contribution is 5.81. The van der Waals surface area contributed by atoms with Crippen molar-refractivity contribution in [3.05, 3.63) is 0 Å². The minimum absolute atomic E-state index is 0.0189. The summed E-state index contributed by atoms with van der Waals surface area (Å²) < 4.78 is 0. The molecule has 0 aromatic rings. The quantitative estimate of drug-likeness (QED) is 0.847. The molecule has 2 heterocycles. The lowest BCUT2D eigenvalue weighted by Gasteiger charge is -2.49. The summed E-state index contributed by atoms with van der Waals surface area (Å²) in [5.74, 6) is 0.674. The van der Waals surface area contributed by atoms with Crippen LogP contribution in [0.5, 0.6) is 0 Å². The number of fused-ring (bicyclic) bond motifs is 1. The van der Waals surface area contributed by atoms with Gasteiger partial charge in [-0.1, -0.05) is 12.8 Å². The van der Waals surface area contributed by atoms with E-state index < -0.39 is 5.60 Å². The molecule has 1 saturated carbocycles. The molecule has 3 fully saturated rings. The number of hydrogen-bond donors (Lipinski definition) is 1. The summed E-state index contributed by atoms with van der Waals surface area (Å²) in [6.07, 6.45) is 8.88. The normalized spacial score (nSPS) is 36.1. The van der Waals surface area contributed by atoms with Gasteiger partial charge in [-0.25, -0.2) is 0 Å². The Hall–Kier alpha value is -0.610. The van der Waals surface area contributed by atoms with E-state index in [1.165, 1.54) is 12.8 Å². The van der Waals surface area contributed by atoms with Gasteiger partial charge in [0.05, 0.1) is 11.6 Å². The Morgan fingerprint density at radius 2 is 1.86 bits per heavy atom. The topological polar surface area (TPSA) is 43.8 Å². The van der Waals surface area contributed by atoms with E-state index in [0.717, 1.165) is 64.7 Å². The number of nitrogens with zero attached hydrogens (tertiary/aromatic N) is 2. The summed E-state index contributed by atoms with van der Waals surface area (Å²) in [5, 5.41) is 10.8. The van der Waals surface area contributed by atoms with Gasteiger partial charge in [-0.15, -0.1) is 0 Å². The largest absolute Gasteiger partial charge is 0.390 e. The van der Waals surface area contributed by atoms with Gasteiger partial charge in [-0.3, -0.25) is 9.69 Å². The first-order valence-electron chi connectivity index (χ1n) is 8.85. The molecular weight excluding hydrogens is 264 g/mol. The summed E-state index contributed by atoms with van der Waals surface area (Å²) in [4.78, 5) is 17.0. The van der Waals surface area contributed by atoms with Crippen LogP contribution < -0.4 is 0 Å². The number of piperidine rings is 2. The number of rotatable bonds is 2. The molecule has 4 nitrogen and oxygen atoms in total. The molecule has 4 heteroatoms. The highest BCUT2D eigenvalue weighted by Gasteiger charge is 2.44. The third-order valence-electron chi connectivity index (χ3n) is 6.03. The van der Waals surface area contributed by atoms with Crippen molar-refractivity contribution in [1.82, 2.24) is 9.80 Å². The zero-order chi connectivity index (χ0) is 14.9. The Balaban J connectivity index is 1.60. The van der Waals surface area contributed by atoms with E-state index in [2.05, 4.69) is 16.7 Å². The van der Waals surface area contributed by atoms with Crippen LogP contribution in [0.4, 0.5) is 0 Å². The summed E-state index contributed by atoms with van der Waals surface area (Å²) in [6.45, 7) is 5.70. The van der Waals surface area contributed by atoms with Crippen LogP contribution in [0.3, 0.4) is 0 Å². The van der Waals surface area contributed by atoms with Crippen LogP contribution in [0.1, 0.15) is 58.3 Å². The summed E-state index contributed by atoms with van der Waals surface area (Å²) in [5.41, 5.74) is -0.442. The summed E-state index contributed by atoms with van der Waals surface area (Å²) >= 11 is 0. The lowest BCUT2D eigenvalue weighted by Crippen LogP contribution is -2.58. The van der Waals surface area contributed by atoms with Gasteiger partial charge in [0.2, 0.25) is 5.91 Å². The van der Waals surface area contributed by atoms with Crippen molar-refractivity contribution >= 4 is 5.91 Å². The molecule has 120 valence electrons. The summed E-state index contributed by atoms with van der Waals surface area (Å²) in [7, 11) is 0. The zero-order valence-corrected chi connectivity index (χ0v) is 13.4. The van der Waals surface area contributed by atoms with E-state index in [1.54, 1.807) is 0 Å². The van der Waals surface area contributed by atoms with Crippen molar-refractivity contribution in [2.24, 2.45) is 5.92 Å². The van der Waals surface area contributed by atoms with Gasteiger partial charge in [0.15, 0.2) is 0 Å². The van der Waals surface area contributed by atoms with Crippen LogP contribution in [0.2, 0.25) is 0 Å². The van der Waals surface area contributed by atoms with Crippen LogP contribution in [0.25, 0.3) is 0 Å². The molecule has 21 heavy (non-hydrogen) atoms. The minimum Gasteiger partial charge on any atom is -0.390 e. The minimum atomic E-state index is -0.442. The van der Waals surface area contributed by atoms with E-state index in [-0.39, 0.29) is 6.04 Å². The van der Waals surface area contributed by atoms with Crippen molar-refractivity contribution in [3.8, 4) is 0 Å². The monoisotopic (exact) mass is 294 g/mol. The van der Waals surface area contributed by atoms with Gasteiger partial charge in [0.1, 0.15) is 0 Å². The van der Waals surface area contributed by atoms with Gasteiger partial charge >= 0.3 is 0 Å². The highest BCUT2D eigenvalue weighted by atomic mass is 16.3. The smallest absolute Gasteiger partial charge is 0.239 e. The molecule has 3 atom stereocenters. The Kier molecular flexibility index (Phi) is 4.55. The Labute approximate surface area is 128 Å².